The molecule has 78 valence electrons. The minimum Gasteiger partial charge on any atom is -0.502 e. The number of aromatic nitrogens is 2. The summed E-state index contributed by atoms with van der Waals surface area (Å²) in [5.74, 6) is -0.0978. The number of nitrogens with zero attached hydrogens (tertiary/aromatic N) is 2. The van der Waals surface area contributed by atoms with E-state index in [1.54, 1.807) is 16.3 Å². The SMILES string of the molecule is Cc1c(O)c(=O)n(C2CCCC2)n1C. The predicted octanol–water partition coefficient (Wildman–Crippen LogP) is 1.32. The van der Waals surface area contributed by atoms with Crippen molar-refractivity contribution in [3.05, 3.63) is 16.0 Å². The fourth-order valence-electron chi connectivity index (χ4n) is 2.27. The van der Waals surface area contributed by atoms with Gasteiger partial charge in [0.2, 0.25) is 5.75 Å². The molecular weight excluding hydrogens is 180 g/mol. The molecule has 1 saturated carbocycles. The van der Waals surface area contributed by atoms with Crippen molar-refractivity contribution in [2.75, 3.05) is 0 Å². The highest BCUT2D eigenvalue weighted by Gasteiger charge is 2.23. The largest absolute Gasteiger partial charge is 0.502 e. The number of hydrogen-bond acceptors (Lipinski definition) is 2. The molecule has 4 heteroatoms. The molecular formula is C10H16N2O2. The fourth-order valence-corrected chi connectivity index (χ4v) is 2.27. The van der Waals surface area contributed by atoms with E-state index in [0.29, 0.717) is 5.69 Å². The van der Waals surface area contributed by atoms with Crippen molar-refractivity contribution in [1.82, 2.24) is 9.36 Å². The summed E-state index contributed by atoms with van der Waals surface area (Å²) in [6.07, 6.45) is 4.47. The molecule has 1 fully saturated rings. The van der Waals surface area contributed by atoms with Gasteiger partial charge in [0.25, 0.3) is 0 Å². The van der Waals surface area contributed by atoms with Gasteiger partial charge in [0, 0.05) is 7.05 Å². The molecule has 1 heterocycles. The molecule has 1 N–H and O–H groups in total. The second kappa shape index (κ2) is 3.19. The fraction of sp³-hybridized carbons (Fsp3) is 0.700. The Morgan fingerprint density at radius 2 is 1.93 bits per heavy atom. The Bertz CT molecular complexity index is 397. The molecule has 1 aliphatic rings. The summed E-state index contributed by atoms with van der Waals surface area (Å²) in [4.78, 5) is 11.7. The molecule has 0 radical (unpaired) electrons. The van der Waals surface area contributed by atoms with Gasteiger partial charge in [-0.1, -0.05) is 12.8 Å². The van der Waals surface area contributed by atoms with Crippen molar-refractivity contribution in [2.24, 2.45) is 7.05 Å². The molecule has 0 amide bonds. The average molecular weight is 196 g/mol. The van der Waals surface area contributed by atoms with E-state index in [0.717, 1.165) is 12.8 Å². The van der Waals surface area contributed by atoms with Crippen molar-refractivity contribution >= 4 is 0 Å². The van der Waals surface area contributed by atoms with E-state index < -0.39 is 0 Å². The van der Waals surface area contributed by atoms with Gasteiger partial charge in [-0.05, 0) is 19.8 Å². The minimum absolute atomic E-state index is 0.0978. The van der Waals surface area contributed by atoms with Crippen molar-refractivity contribution in [3.8, 4) is 5.75 Å². The monoisotopic (exact) mass is 196 g/mol. The van der Waals surface area contributed by atoms with Crippen LogP contribution in [-0.2, 0) is 7.05 Å². The van der Waals surface area contributed by atoms with Crippen molar-refractivity contribution in [3.63, 3.8) is 0 Å². The van der Waals surface area contributed by atoms with Crippen molar-refractivity contribution in [1.29, 1.82) is 0 Å². The van der Waals surface area contributed by atoms with Gasteiger partial charge in [0.05, 0.1) is 11.7 Å². The van der Waals surface area contributed by atoms with E-state index in [1.165, 1.54) is 12.8 Å². The summed E-state index contributed by atoms with van der Waals surface area (Å²) >= 11 is 0. The zero-order valence-electron chi connectivity index (χ0n) is 8.66. The maximum absolute atomic E-state index is 11.7. The molecule has 2 rings (SSSR count). The number of hydrogen-bond donors (Lipinski definition) is 1. The van der Waals surface area contributed by atoms with Gasteiger partial charge in [-0.3, -0.25) is 9.48 Å². The van der Waals surface area contributed by atoms with Crippen LogP contribution in [0.25, 0.3) is 0 Å². The standard InChI is InChI=1S/C10H16N2O2/c1-7-9(13)10(14)12(11(7)2)8-5-3-4-6-8/h8,13H,3-6H2,1-2H3. The zero-order valence-corrected chi connectivity index (χ0v) is 8.66. The van der Waals surface area contributed by atoms with Crippen LogP contribution in [0, 0.1) is 6.92 Å². The topological polar surface area (TPSA) is 47.2 Å². The summed E-state index contributed by atoms with van der Waals surface area (Å²) in [5.41, 5.74) is 0.416. The Kier molecular flexibility index (Phi) is 2.13. The van der Waals surface area contributed by atoms with Crippen LogP contribution in [0.15, 0.2) is 4.79 Å². The van der Waals surface area contributed by atoms with Crippen molar-refractivity contribution < 1.29 is 5.11 Å². The molecule has 1 aromatic heterocycles. The van der Waals surface area contributed by atoms with Crippen LogP contribution >= 0.6 is 0 Å². The highest BCUT2D eigenvalue weighted by Crippen LogP contribution is 2.29. The van der Waals surface area contributed by atoms with E-state index in [-0.39, 0.29) is 17.4 Å². The third kappa shape index (κ3) is 1.17. The first-order chi connectivity index (χ1) is 6.63. The van der Waals surface area contributed by atoms with Crippen LogP contribution in [0.4, 0.5) is 0 Å². The molecule has 14 heavy (non-hydrogen) atoms. The van der Waals surface area contributed by atoms with Gasteiger partial charge >= 0.3 is 5.56 Å². The third-order valence-electron chi connectivity index (χ3n) is 3.23. The van der Waals surface area contributed by atoms with Crippen LogP contribution < -0.4 is 5.56 Å². The Morgan fingerprint density at radius 1 is 1.36 bits per heavy atom. The lowest BCUT2D eigenvalue weighted by atomic mass is 10.3. The number of aromatic hydroxyl groups is 1. The quantitative estimate of drug-likeness (QED) is 0.736. The van der Waals surface area contributed by atoms with Gasteiger partial charge in [0.15, 0.2) is 0 Å². The Balaban J connectivity index is 2.51. The van der Waals surface area contributed by atoms with Crippen LogP contribution in [0.2, 0.25) is 0 Å². The molecule has 0 aromatic carbocycles. The van der Waals surface area contributed by atoms with Crippen molar-refractivity contribution in [2.45, 2.75) is 38.6 Å². The molecule has 0 aliphatic heterocycles. The lowest BCUT2D eigenvalue weighted by molar-refractivity contribution is 0.388. The normalized spacial score (nSPS) is 17.9. The smallest absolute Gasteiger partial charge is 0.309 e. The maximum Gasteiger partial charge on any atom is 0.309 e. The average Bonchev–Trinajstić information content (AvgIpc) is 2.73. The Hall–Kier alpha value is -1.19. The summed E-state index contributed by atoms with van der Waals surface area (Å²) in [6.45, 7) is 1.77. The molecule has 1 aromatic rings. The summed E-state index contributed by atoms with van der Waals surface area (Å²) in [5, 5.41) is 9.51. The minimum atomic E-state index is -0.239. The number of rotatable bonds is 1. The van der Waals surface area contributed by atoms with Crippen LogP contribution in [0.5, 0.6) is 5.75 Å². The molecule has 0 bridgehead atoms. The lowest BCUT2D eigenvalue weighted by Gasteiger charge is -2.14. The maximum atomic E-state index is 11.7. The Morgan fingerprint density at radius 3 is 2.36 bits per heavy atom. The molecule has 0 unspecified atom stereocenters. The first kappa shape index (κ1) is 9.37. The highest BCUT2D eigenvalue weighted by molar-refractivity contribution is 5.22. The second-order valence-electron chi connectivity index (χ2n) is 4.05. The van der Waals surface area contributed by atoms with Gasteiger partial charge < -0.3 is 5.11 Å². The highest BCUT2D eigenvalue weighted by atomic mass is 16.3. The predicted molar refractivity (Wildman–Crippen MR) is 53.6 cm³/mol. The molecule has 0 spiro atoms. The van der Waals surface area contributed by atoms with Gasteiger partial charge in [-0.25, -0.2) is 4.68 Å². The van der Waals surface area contributed by atoms with Crippen LogP contribution in [-0.4, -0.2) is 14.5 Å². The van der Waals surface area contributed by atoms with Gasteiger partial charge in [-0.15, -0.1) is 0 Å². The molecule has 4 nitrogen and oxygen atoms in total. The van der Waals surface area contributed by atoms with E-state index in [2.05, 4.69) is 0 Å². The summed E-state index contributed by atoms with van der Waals surface area (Å²) in [7, 11) is 1.83. The lowest BCUT2D eigenvalue weighted by Crippen LogP contribution is -2.25. The third-order valence-corrected chi connectivity index (χ3v) is 3.23. The summed E-state index contributed by atoms with van der Waals surface area (Å²) in [6, 6.07) is 0.284. The molecule has 0 atom stereocenters. The van der Waals surface area contributed by atoms with Gasteiger partial charge in [-0.2, -0.15) is 0 Å². The zero-order chi connectivity index (χ0) is 10.3. The van der Waals surface area contributed by atoms with Gasteiger partial charge in [0.1, 0.15) is 0 Å². The molecule has 1 aliphatic carbocycles. The summed E-state index contributed by atoms with van der Waals surface area (Å²) < 4.78 is 3.46. The van der Waals surface area contributed by atoms with Crippen LogP contribution in [0.1, 0.15) is 37.4 Å². The van der Waals surface area contributed by atoms with E-state index >= 15 is 0 Å². The van der Waals surface area contributed by atoms with E-state index in [4.69, 9.17) is 0 Å². The molecule has 0 saturated heterocycles. The van der Waals surface area contributed by atoms with Crippen LogP contribution in [0.3, 0.4) is 0 Å². The first-order valence-corrected chi connectivity index (χ1v) is 5.10. The first-order valence-electron chi connectivity index (χ1n) is 5.10. The van der Waals surface area contributed by atoms with E-state index in [1.807, 2.05) is 7.05 Å². The second-order valence-corrected chi connectivity index (χ2v) is 4.05. The van der Waals surface area contributed by atoms with E-state index in [9.17, 15) is 9.90 Å². The Labute approximate surface area is 82.8 Å².